The summed E-state index contributed by atoms with van der Waals surface area (Å²) < 4.78 is 6.55. The molecule has 0 aliphatic carbocycles. The van der Waals surface area contributed by atoms with Gasteiger partial charge in [0.1, 0.15) is 24.4 Å². The molecule has 0 spiro atoms. The molecule has 248 valence electrons. The third-order valence-electron chi connectivity index (χ3n) is 7.50. The molecule has 7 N–H and O–H groups in total. The lowest BCUT2D eigenvalue weighted by atomic mass is 10.0. The van der Waals surface area contributed by atoms with Gasteiger partial charge in [0.25, 0.3) is 0 Å². The Morgan fingerprint density at radius 1 is 0.953 bits per heavy atom. The number of carbonyl (C=O) groups is 2. The zero-order chi connectivity index (χ0) is 31.5. The quantitative estimate of drug-likeness (QED) is 0.0822. The van der Waals surface area contributed by atoms with Crippen molar-refractivity contribution in [2.75, 3.05) is 30.0 Å². The Morgan fingerprint density at radius 3 is 2.12 bits per heavy atom. The predicted octanol–water partition coefficient (Wildman–Crippen LogP) is 1.88. The second kappa shape index (κ2) is 21.8. The third-order valence-corrected chi connectivity index (χ3v) is 8.69. The van der Waals surface area contributed by atoms with Crippen molar-refractivity contribution >= 4 is 29.4 Å². The molecule has 0 bridgehead atoms. The van der Waals surface area contributed by atoms with E-state index in [0.717, 1.165) is 30.4 Å². The fourth-order valence-electron chi connectivity index (χ4n) is 4.90. The van der Waals surface area contributed by atoms with Crippen LogP contribution in [0.3, 0.4) is 0 Å². The highest BCUT2D eigenvalue weighted by Crippen LogP contribution is 2.29. The van der Waals surface area contributed by atoms with Gasteiger partial charge < -0.3 is 40.9 Å². The number of aliphatic hydroxyl groups excluding tert-OH is 5. The molecule has 2 heterocycles. The first-order chi connectivity index (χ1) is 20.8. The number of amides is 2. The highest BCUT2D eigenvalue weighted by molar-refractivity contribution is 7.99. The van der Waals surface area contributed by atoms with E-state index >= 15 is 0 Å². The van der Waals surface area contributed by atoms with E-state index in [1.165, 1.54) is 75.7 Å². The topological polar surface area (TPSA) is 199 Å². The minimum absolute atomic E-state index is 0.0406. The zero-order valence-corrected chi connectivity index (χ0v) is 26.3. The first-order valence-electron chi connectivity index (χ1n) is 15.8. The molecular formula is C29H53N5O8S. The van der Waals surface area contributed by atoms with Crippen molar-refractivity contribution in [3.8, 4) is 0 Å². The largest absolute Gasteiger partial charge is 0.394 e. The Kier molecular flexibility index (Phi) is 19.0. The van der Waals surface area contributed by atoms with Gasteiger partial charge in [-0.05, 0) is 6.42 Å². The first kappa shape index (κ1) is 37.4. The molecule has 13 nitrogen and oxygen atoms in total. The van der Waals surface area contributed by atoms with E-state index in [9.17, 15) is 30.0 Å². The molecule has 0 aromatic carbocycles. The summed E-state index contributed by atoms with van der Waals surface area (Å²) in [5.41, 5.74) is 0. The summed E-state index contributed by atoms with van der Waals surface area (Å²) >= 11 is 1.22. The number of ether oxygens (including phenoxy) is 1. The molecule has 0 radical (unpaired) electrons. The van der Waals surface area contributed by atoms with Gasteiger partial charge in [0, 0.05) is 17.9 Å². The summed E-state index contributed by atoms with van der Waals surface area (Å²) in [6, 6.07) is -0.926. The summed E-state index contributed by atoms with van der Waals surface area (Å²) in [5, 5.41) is 61.2. The number of nitrogens with one attached hydrogen (secondary N) is 2. The Bertz CT molecular complexity index is 910. The van der Waals surface area contributed by atoms with Crippen LogP contribution in [0, 0.1) is 0 Å². The zero-order valence-electron chi connectivity index (χ0n) is 25.5. The Hall–Kier alpha value is -1.81. The van der Waals surface area contributed by atoms with Gasteiger partial charge in [-0.25, -0.2) is 4.68 Å². The van der Waals surface area contributed by atoms with Gasteiger partial charge >= 0.3 is 0 Å². The molecule has 1 aromatic heterocycles. The van der Waals surface area contributed by atoms with Crippen molar-refractivity contribution in [3.05, 3.63) is 6.20 Å². The van der Waals surface area contributed by atoms with E-state index in [1.54, 1.807) is 0 Å². The number of unbranched alkanes of at least 4 members (excludes halogenated alkanes) is 12. The fraction of sp³-hybridized carbons (Fsp3) is 0.862. The summed E-state index contributed by atoms with van der Waals surface area (Å²) in [6.45, 7) is 1.34. The van der Waals surface area contributed by atoms with Crippen molar-refractivity contribution < 1.29 is 39.9 Å². The molecule has 6 atom stereocenters. The SMILES string of the molecule is CCCCCCCCCCCCCCCC(=O)NC(CSCC(O)CO)C(=O)Nc1cn([C@H]2OC(CO)[C@@H](O)[C@H]2O)nn1. The van der Waals surface area contributed by atoms with Crippen LogP contribution < -0.4 is 10.6 Å². The molecule has 1 fully saturated rings. The predicted molar refractivity (Wildman–Crippen MR) is 164 cm³/mol. The van der Waals surface area contributed by atoms with Crippen LogP contribution in [0.15, 0.2) is 6.20 Å². The number of aromatic nitrogens is 3. The number of nitrogens with zero attached hydrogens (tertiary/aromatic N) is 3. The monoisotopic (exact) mass is 631 g/mol. The maximum Gasteiger partial charge on any atom is 0.249 e. The third kappa shape index (κ3) is 14.2. The number of rotatable bonds is 24. The van der Waals surface area contributed by atoms with Crippen LogP contribution in [-0.4, -0.2) is 108 Å². The van der Waals surface area contributed by atoms with E-state index in [4.69, 9.17) is 9.84 Å². The molecule has 3 unspecified atom stereocenters. The van der Waals surface area contributed by atoms with Gasteiger partial charge in [-0.15, -0.1) is 5.10 Å². The summed E-state index contributed by atoms with van der Waals surface area (Å²) in [6.07, 6.45) is 11.6. The van der Waals surface area contributed by atoms with Crippen molar-refractivity contribution in [2.24, 2.45) is 0 Å². The second-order valence-corrected chi connectivity index (χ2v) is 12.4. The van der Waals surface area contributed by atoms with Crippen LogP contribution in [0.5, 0.6) is 0 Å². The Morgan fingerprint density at radius 2 is 1.56 bits per heavy atom. The van der Waals surface area contributed by atoms with Crippen LogP contribution in [0.1, 0.15) is 103 Å². The highest BCUT2D eigenvalue weighted by atomic mass is 32.2. The maximum atomic E-state index is 13.0. The molecule has 1 aliphatic heterocycles. The number of carbonyl (C=O) groups excluding carboxylic acids is 2. The summed E-state index contributed by atoms with van der Waals surface area (Å²) in [5.74, 6) is -0.398. The second-order valence-electron chi connectivity index (χ2n) is 11.3. The number of thioether (sulfide) groups is 1. The molecule has 2 rings (SSSR count). The van der Waals surface area contributed by atoms with Crippen LogP contribution >= 0.6 is 11.8 Å². The molecule has 2 amide bonds. The lowest BCUT2D eigenvalue weighted by molar-refractivity contribution is -0.126. The summed E-state index contributed by atoms with van der Waals surface area (Å²) in [4.78, 5) is 25.7. The average Bonchev–Trinajstić information content (AvgIpc) is 3.57. The standard InChI is InChI=1S/C29H53N5O8S/c1-2-3-4-5-6-7-8-9-10-11-12-13-14-15-25(38)30-22(20-43-19-21(37)17-35)28(41)31-24-16-34(33-32-24)29-27(40)26(39)23(18-36)42-29/h16,21-23,26-27,29,35-37,39-40H,2-15,17-20H2,1H3,(H,30,38)(H,31,41)/t21?,22?,23?,26-,27-,29+/m1/s1. The van der Waals surface area contributed by atoms with Gasteiger partial charge in [-0.2, -0.15) is 11.8 Å². The van der Waals surface area contributed by atoms with Crippen LogP contribution in [0.2, 0.25) is 0 Å². The average molecular weight is 632 g/mol. The molecule has 0 saturated carbocycles. The van der Waals surface area contributed by atoms with E-state index in [0.29, 0.717) is 6.42 Å². The van der Waals surface area contributed by atoms with E-state index in [-0.39, 0.29) is 23.2 Å². The minimum atomic E-state index is -1.35. The van der Waals surface area contributed by atoms with Crippen LogP contribution in [0.4, 0.5) is 5.82 Å². The van der Waals surface area contributed by atoms with Crippen LogP contribution in [0.25, 0.3) is 0 Å². The van der Waals surface area contributed by atoms with E-state index < -0.39 is 55.8 Å². The Labute approximate surface area is 259 Å². The minimum Gasteiger partial charge on any atom is -0.394 e. The number of anilines is 1. The van der Waals surface area contributed by atoms with Crippen molar-refractivity contribution in [1.29, 1.82) is 0 Å². The lowest BCUT2D eigenvalue weighted by Gasteiger charge is -2.18. The van der Waals surface area contributed by atoms with Crippen molar-refractivity contribution in [2.45, 2.75) is 134 Å². The van der Waals surface area contributed by atoms with Gasteiger partial charge in [-0.3, -0.25) is 9.59 Å². The van der Waals surface area contributed by atoms with E-state index in [2.05, 4.69) is 27.9 Å². The van der Waals surface area contributed by atoms with Crippen LogP contribution in [-0.2, 0) is 14.3 Å². The number of hydrogen-bond acceptors (Lipinski definition) is 11. The smallest absolute Gasteiger partial charge is 0.249 e. The fourth-order valence-corrected chi connectivity index (χ4v) is 5.88. The van der Waals surface area contributed by atoms with Gasteiger partial charge in [-0.1, -0.05) is 89.2 Å². The summed E-state index contributed by atoms with van der Waals surface area (Å²) in [7, 11) is 0. The number of hydrogen-bond donors (Lipinski definition) is 7. The normalized spacial score (nSPS) is 21.5. The molecule has 1 aromatic rings. The van der Waals surface area contributed by atoms with Gasteiger partial charge in [0.05, 0.1) is 25.5 Å². The van der Waals surface area contributed by atoms with Gasteiger partial charge in [0.2, 0.25) is 11.8 Å². The molecule has 43 heavy (non-hydrogen) atoms. The number of aliphatic hydroxyl groups is 5. The van der Waals surface area contributed by atoms with Gasteiger partial charge in [0.15, 0.2) is 12.0 Å². The highest BCUT2D eigenvalue weighted by Gasteiger charge is 2.44. The van der Waals surface area contributed by atoms with Crippen molar-refractivity contribution in [3.63, 3.8) is 0 Å². The lowest BCUT2D eigenvalue weighted by Crippen LogP contribution is -2.45. The molecule has 1 saturated heterocycles. The van der Waals surface area contributed by atoms with E-state index in [1.807, 2.05) is 0 Å². The maximum absolute atomic E-state index is 13.0. The Balaban J connectivity index is 1.74. The molecule has 14 heteroatoms. The first-order valence-corrected chi connectivity index (χ1v) is 17.0. The molecular weight excluding hydrogens is 578 g/mol. The molecule has 1 aliphatic rings. The van der Waals surface area contributed by atoms with Crippen molar-refractivity contribution in [1.82, 2.24) is 20.3 Å².